The molecule has 1 N–H and O–H groups in total. The number of ether oxygens (including phenoxy) is 1. The number of hydrogen-bond donors (Lipinski definition) is 1. The molecule has 0 spiro atoms. The molecule has 0 aliphatic rings. The van der Waals surface area contributed by atoms with Gasteiger partial charge in [0.15, 0.2) is 0 Å². The summed E-state index contributed by atoms with van der Waals surface area (Å²) in [4.78, 5) is 33.8. The summed E-state index contributed by atoms with van der Waals surface area (Å²) >= 11 is 0. The molecule has 0 radical (unpaired) electrons. The van der Waals surface area contributed by atoms with Gasteiger partial charge in [0.25, 0.3) is 5.56 Å². The smallest absolute Gasteiger partial charge is 0.322 e. The van der Waals surface area contributed by atoms with Crippen LogP contribution in [0.3, 0.4) is 0 Å². The van der Waals surface area contributed by atoms with Crippen LogP contribution in [-0.4, -0.2) is 34.1 Å². The van der Waals surface area contributed by atoms with Crippen molar-refractivity contribution in [1.82, 2.24) is 14.5 Å². The highest BCUT2D eigenvalue weighted by atomic mass is 16.5. The zero-order valence-electron chi connectivity index (χ0n) is 20.5. The number of hydrogen-bond acceptors (Lipinski definition) is 4. The van der Waals surface area contributed by atoms with E-state index in [2.05, 4.69) is 5.32 Å². The van der Waals surface area contributed by atoms with E-state index in [1.807, 2.05) is 87.5 Å². The average Bonchev–Trinajstić information content (AvgIpc) is 2.88. The first-order valence-corrected chi connectivity index (χ1v) is 11.8. The fourth-order valence-electron chi connectivity index (χ4n) is 4.30. The average molecular weight is 471 g/mol. The molecule has 180 valence electrons. The maximum atomic E-state index is 13.7. The predicted octanol–water partition coefficient (Wildman–Crippen LogP) is 5.71. The monoisotopic (exact) mass is 470 g/mol. The predicted molar refractivity (Wildman–Crippen MR) is 140 cm³/mol. The Morgan fingerprint density at radius 3 is 2.37 bits per heavy atom. The lowest BCUT2D eigenvalue weighted by molar-refractivity contribution is 0.185. The van der Waals surface area contributed by atoms with E-state index in [1.54, 1.807) is 22.6 Å². The number of benzene rings is 3. The van der Waals surface area contributed by atoms with E-state index in [-0.39, 0.29) is 11.6 Å². The van der Waals surface area contributed by atoms with Gasteiger partial charge in [-0.2, -0.15) is 0 Å². The fourth-order valence-corrected chi connectivity index (χ4v) is 4.30. The van der Waals surface area contributed by atoms with Crippen molar-refractivity contribution in [1.29, 1.82) is 0 Å². The molecule has 0 saturated carbocycles. The number of urea groups is 1. The van der Waals surface area contributed by atoms with Gasteiger partial charge in [-0.15, -0.1) is 0 Å². The number of amides is 2. The van der Waals surface area contributed by atoms with Crippen LogP contribution in [-0.2, 0) is 0 Å². The number of fused-ring (bicyclic) bond motifs is 1. The van der Waals surface area contributed by atoms with Gasteiger partial charge in [-0.1, -0.05) is 37.3 Å². The first-order chi connectivity index (χ1) is 17.0. The number of para-hydroxylation sites is 2. The minimum absolute atomic E-state index is 0.176. The third kappa shape index (κ3) is 4.75. The number of nitrogens with one attached hydrogen (secondary N) is 1. The van der Waals surface area contributed by atoms with Crippen LogP contribution in [0.4, 0.5) is 10.5 Å². The van der Waals surface area contributed by atoms with Gasteiger partial charge in [0, 0.05) is 12.2 Å². The molecule has 1 aromatic heterocycles. The van der Waals surface area contributed by atoms with Crippen LogP contribution >= 0.6 is 0 Å². The second-order valence-corrected chi connectivity index (χ2v) is 8.28. The van der Waals surface area contributed by atoms with Crippen molar-refractivity contribution < 1.29 is 9.53 Å². The summed E-state index contributed by atoms with van der Waals surface area (Å²) in [5.41, 5.74) is 2.82. The van der Waals surface area contributed by atoms with Crippen LogP contribution in [0.15, 0.2) is 77.6 Å². The number of carbonyl (C=O) groups excluding carboxylic acids is 1. The van der Waals surface area contributed by atoms with Gasteiger partial charge in [0.05, 0.1) is 29.7 Å². The summed E-state index contributed by atoms with van der Waals surface area (Å²) in [6, 6.07) is 21.6. The van der Waals surface area contributed by atoms with Crippen LogP contribution in [0.1, 0.15) is 37.7 Å². The van der Waals surface area contributed by atoms with Gasteiger partial charge in [-0.25, -0.2) is 9.78 Å². The second kappa shape index (κ2) is 10.4. The largest absolute Gasteiger partial charge is 0.497 e. The Bertz CT molecular complexity index is 1400. The first-order valence-electron chi connectivity index (χ1n) is 11.8. The Kier molecular flexibility index (Phi) is 7.15. The normalized spacial score (nSPS) is 11.8. The summed E-state index contributed by atoms with van der Waals surface area (Å²) in [6.45, 7) is 6.32. The lowest BCUT2D eigenvalue weighted by Crippen LogP contribution is -2.40. The first kappa shape index (κ1) is 24.0. The Morgan fingerprint density at radius 1 is 1.03 bits per heavy atom. The summed E-state index contributed by atoms with van der Waals surface area (Å²) in [6.07, 6.45) is 0.579. The molecular weight excluding hydrogens is 440 g/mol. The molecule has 0 bridgehead atoms. The van der Waals surface area contributed by atoms with Crippen LogP contribution in [0.25, 0.3) is 16.6 Å². The highest BCUT2D eigenvalue weighted by Crippen LogP contribution is 2.27. The summed E-state index contributed by atoms with van der Waals surface area (Å²) in [7, 11) is 1.60. The van der Waals surface area contributed by atoms with Gasteiger partial charge in [-0.05, 0) is 68.3 Å². The molecule has 4 rings (SSSR count). The lowest BCUT2D eigenvalue weighted by atomic mass is 10.1. The Morgan fingerprint density at radius 2 is 1.71 bits per heavy atom. The van der Waals surface area contributed by atoms with Crippen LogP contribution in [0.2, 0.25) is 0 Å². The number of nitrogens with zero attached hydrogens (tertiary/aromatic N) is 3. The lowest BCUT2D eigenvalue weighted by Gasteiger charge is -2.31. The molecule has 2 amide bonds. The number of aryl methyl sites for hydroxylation is 1. The minimum atomic E-state index is -0.427. The van der Waals surface area contributed by atoms with Gasteiger partial charge < -0.3 is 15.0 Å². The van der Waals surface area contributed by atoms with E-state index in [4.69, 9.17) is 9.72 Å². The molecule has 7 nitrogen and oxygen atoms in total. The molecule has 4 aromatic rings. The quantitative estimate of drug-likeness (QED) is 0.375. The summed E-state index contributed by atoms with van der Waals surface area (Å²) in [5, 5.41) is 3.55. The van der Waals surface area contributed by atoms with Crippen molar-refractivity contribution in [3.8, 4) is 11.4 Å². The molecule has 0 aliphatic heterocycles. The van der Waals surface area contributed by atoms with E-state index >= 15 is 0 Å². The minimum Gasteiger partial charge on any atom is -0.497 e. The number of carbonyl (C=O) groups is 1. The van der Waals surface area contributed by atoms with Crippen LogP contribution in [0.5, 0.6) is 5.75 Å². The van der Waals surface area contributed by atoms with Gasteiger partial charge in [0.1, 0.15) is 11.6 Å². The number of aromatic nitrogens is 2. The van der Waals surface area contributed by atoms with E-state index in [0.29, 0.717) is 41.1 Å². The van der Waals surface area contributed by atoms with E-state index in [1.165, 1.54) is 0 Å². The maximum absolute atomic E-state index is 13.7. The summed E-state index contributed by atoms with van der Waals surface area (Å²) in [5.74, 6) is 1.21. The molecule has 3 aromatic carbocycles. The summed E-state index contributed by atoms with van der Waals surface area (Å²) < 4.78 is 6.90. The third-order valence-electron chi connectivity index (χ3n) is 6.18. The Hall–Kier alpha value is -4.13. The van der Waals surface area contributed by atoms with Gasteiger partial charge in [0.2, 0.25) is 0 Å². The zero-order valence-corrected chi connectivity index (χ0v) is 20.5. The van der Waals surface area contributed by atoms with E-state index in [0.717, 1.165) is 11.3 Å². The molecule has 7 heteroatoms. The van der Waals surface area contributed by atoms with E-state index < -0.39 is 6.04 Å². The maximum Gasteiger partial charge on any atom is 0.322 e. The molecule has 0 aliphatic carbocycles. The van der Waals surface area contributed by atoms with Gasteiger partial charge >= 0.3 is 6.03 Å². The molecule has 35 heavy (non-hydrogen) atoms. The number of methoxy groups -OCH3 is 1. The standard InChI is InChI=1S/C28H30N4O3/c1-5-25(31(6-2)28(34)30-23-13-9-7-11-19(23)3)26-29-24-14-10-8-12-22(24)27(33)32(26)20-15-17-21(35-4)18-16-20/h7-18,25H,5-6H2,1-4H3,(H,30,34). The van der Waals surface area contributed by atoms with Crippen molar-refractivity contribution in [3.05, 3.63) is 94.5 Å². The highest BCUT2D eigenvalue weighted by Gasteiger charge is 2.28. The van der Waals surface area contributed by atoms with Crippen molar-refractivity contribution in [2.24, 2.45) is 0 Å². The van der Waals surface area contributed by atoms with Crippen LogP contribution < -0.4 is 15.6 Å². The van der Waals surface area contributed by atoms with Crippen molar-refractivity contribution in [2.75, 3.05) is 19.0 Å². The SMILES string of the molecule is CCC(c1nc2ccccc2c(=O)n1-c1ccc(OC)cc1)N(CC)C(=O)Nc1ccccc1C. The van der Waals surface area contributed by atoms with Crippen molar-refractivity contribution >= 4 is 22.6 Å². The number of rotatable bonds is 7. The fraction of sp³-hybridized carbons (Fsp3) is 0.250. The highest BCUT2D eigenvalue weighted by molar-refractivity contribution is 5.90. The third-order valence-corrected chi connectivity index (χ3v) is 6.18. The number of anilines is 1. The Labute approximate surface area is 205 Å². The molecule has 0 saturated heterocycles. The molecule has 1 unspecified atom stereocenters. The molecule has 1 heterocycles. The van der Waals surface area contributed by atoms with Crippen molar-refractivity contribution in [3.63, 3.8) is 0 Å². The topological polar surface area (TPSA) is 76.5 Å². The molecular formula is C28H30N4O3. The van der Waals surface area contributed by atoms with Crippen molar-refractivity contribution in [2.45, 2.75) is 33.2 Å². The molecule has 0 fully saturated rings. The van der Waals surface area contributed by atoms with Crippen LogP contribution in [0, 0.1) is 6.92 Å². The Balaban J connectivity index is 1.85. The zero-order chi connectivity index (χ0) is 24.9. The molecule has 1 atom stereocenters. The van der Waals surface area contributed by atoms with Gasteiger partial charge in [-0.3, -0.25) is 9.36 Å². The van der Waals surface area contributed by atoms with E-state index in [9.17, 15) is 9.59 Å². The second-order valence-electron chi connectivity index (χ2n) is 8.28.